The normalized spacial score (nSPS) is 14.2. The summed E-state index contributed by atoms with van der Waals surface area (Å²) in [7, 11) is 0. The van der Waals surface area contributed by atoms with Crippen molar-refractivity contribution in [3.8, 4) is 22.5 Å². The molecule has 34 heavy (non-hydrogen) atoms. The van der Waals surface area contributed by atoms with Crippen molar-refractivity contribution in [2.24, 2.45) is 0 Å². The monoisotopic (exact) mass is 452 g/mol. The summed E-state index contributed by atoms with van der Waals surface area (Å²) in [6.45, 7) is 4.35. The molecule has 0 unspecified atom stereocenters. The van der Waals surface area contributed by atoms with Crippen molar-refractivity contribution in [1.82, 2.24) is 19.9 Å². The highest BCUT2D eigenvalue weighted by Gasteiger charge is 2.21. The molecule has 2 aromatic heterocycles. The molecule has 0 bridgehead atoms. The van der Waals surface area contributed by atoms with Crippen molar-refractivity contribution in [3.63, 3.8) is 0 Å². The first-order valence-corrected chi connectivity index (χ1v) is 11.2. The van der Waals surface area contributed by atoms with Crippen LogP contribution in [0.3, 0.4) is 0 Å². The van der Waals surface area contributed by atoms with E-state index in [1.165, 1.54) is 11.6 Å². The van der Waals surface area contributed by atoms with E-state index in [9.17, 15) is 10.1 Å². The molecule has 0 amide bonds. The molecule has 5 rings (SSSR count). The van der Waals surface area contributed by atoms with Crippen LogP contribution in [0.15, 0.2) is 85.2 Å². The van der Waals surface area contributed by atoms with E-state index in [-0.39, 0.29) is 10.6 Å². The van der Waals surface area contributed by atoms with Gasteiger partial charge in [-0.2, -0.15) is 0 Å². The lowest BCUT2D eigenvalue weighted by molar-refractivity contribution is -0.384. The lowest BCUT2D eigenvalue weighted by Crippen LogP contribution is -2.46. The Hall–Kier alpha value is -4.17. The molecule has 0 atom stereocenters. The summed E-state index contributed by atoms with van der Waals surface area (Å²) in [5.74, 6) is 0.634. The van der Waals surface area contributed by atoms with E-state index in [4.69, 9.17) is 9.97 Å². The minimum atomic E-state index is -0.388. The van der Waals surface area contributed by atoms with Crippen molar-refractivity contribution in [2.45, 2.75) is 6.54 Å². The lowest BCUT2D eigenvalue weighted by Gasteiger charge is -2.35. The third kappa shape index (κ3) is 4.92. The SMILES string of the molecule is O=[N+]([O-])c1cccc(-c2cc(-c3ccncc3)nc(N3CCN(Cc4ccccc4)CC3)n2)c1. The third-order valence-corrected chi connectivity index (χ3v) is 5.95. The fourth-order valence-electron chi connectivity index (χ4n) is 4.12. The van der Waals surface area contributed by atoms with Gasteiger partial charge in [-0.15, -0.1) is 0 Å². The van der Waals surface area contributed by atoms with Gasteiger partial charge >= 0.3 is 0 Å². The summed E-state index contributed by atoms with van der Waals surface area (Å²) >= 11 is 0. The molecule has 8 heteroatoms. The number of nitro groups is 1. The Balaban J connectivity index is 1.43. The second-order valence-corrected chi connectivity index (χ2v) is 8.23. The van der Waals surface area contributed by atoms with E-state index in [2.05, 4.69) is 39.0 Å². The summed E-state index contributed by atoms with van der Waals surface area (Å²) in [6.07, 6.45) is 3.46. The topological polar surface area (TPSA) is 88.3 Å². The van der Waals surface area contributed by atoms with Crippen LogP contribution in [0, 0.1) is 10.1 Å². The molecule has 0 N–H and O–H groups in total. The maximum absolute atomic E-state index is 11.3. The van der Waals surface area contributed by atoms with Gasteiger partial charge in [0.05, 0.1) is 16.3 Å². The number of benzene rings is 2. The second-order valence-electron chi connectivity index (χ2n) is 8.23. The Morgan fingerprint density at radius 1 is 0.794 bits per heavy atom. The van der Waals surface area contributed by atoms with Crippen molar-refractivity contribution < 1.29 is 4.92 Å². The zero-order valence-electron chi connectivity index (χ0n) is 18.6. The number of non-ortho nitro benzene ring substituents is 1. The van der Waals surface area contributed by atoms with Gasteiger partial charge in [-0.05, 0) is 23.8 Å². The minimum absolute atomic E-state index is 0.0395. The van der Waals surface area contributed by atoms with Gasteiger partial charge in [0.15, 0.2) is 0 Å². The van der Waals surface area contributed by atoms with Gasteiger partial charge in [-0.1, -0.05) is 42.5 Å². The van der Waals surface area contributed by atoms with E-state index < -0.39 is 0 Å². The van der Waals surface area contributed by atoms with E-state index >= 15 is 0 Å². The predicted molar refractivity (Wildman–Crippen MR) is 131 cm³/mol. The zero-order chi connectivity index (χ0) is 23.3. The standard InChI is InChI=1S/C26H24N6O2/c33-32(34)23-8-4-7-22(17-23)25-18-24(21-9-11-27-12-10-21)28-26(29-25)31-15-13-30(14-16-31)19-20-5-2-1-3-6-20/h1-12,17-18H,13-16,19H2. The van der Waals surface area contributed by atoms with Crippen LogP contribution in [0.5, 0.6) is 0 Å². The van der Waals surface area contributed by atoms with Crippen molar-refractivity contribution in [3.05, 3.63) is 101 Å². The number of nitro benzene ring substituents is 1. The van der Waals surface area contributed by atoms with Crippen LogP contribution in [-0.4, -0.2) is 51.0 Å². The Morgan fingerprint density at radius 2 is 1.50 bits per heavy atom. The molecule has 1 aliphatic heterocycles. The molecular weight excluding hydrogens is 428 g/mol. The number of aromatic nitrogens is 3. The predicted octanol–water partition coefficient (Wildman–Crippen LogP) is 4.44. The lowest BCUT2D eigenvalue weighted by atomic mass is 10.1. The number of nitrogens with zero attached hydrogens (tertiary/aromatic N) is 6. The molecule has 3 heterocycles. The van der Waals surface area contributed by atoms with Crippen LogP contribution in [0.2, 0.25) is 0 Å². The van der Waals surface area contributed by atoms with Crippen LogP contribution >= 0.6 is 0 Å². The molecule has 0 saturated carbocycles. The van der Waals surface area contributed by atoms with E-state index in [0.717, 1.165) is 44.0 Å². The van der Waals surface area contributed by atoms with Gasteiger partial charge in [0.2, 0.25) is 5.95 Å². The van der Waals surface area contributed by atoms with Gasteiger partial charge in [0.1, 0.15) is 0 Å². The molecule has 1 fully saturated rings. The fourth-order valence-corrected chi connectivity index (χ4v) is 4.12. The number of piperazine rings is 1. The molecule has 170 valence electrons. The van der Waals surface area contributed by atoms with Gasteiger partial charge in [-0.3, -0.25) is 20.0 Å². The zero-order valence-corrected chi connectivity index (χ0v) is 18.6. The Labute approximate surface area is 197 Å². The molecular formula is C26H24N6O2. The number of hydrogen-bond donors (Lipinski definition) is 0. The van der Waals surface area contributed by atoms with Gasteiger partial charge in [-0.25, -0.2) is 9.97 Å². The number of anilines is 1. The Kier molecular flexibility index (Phi) is 6.22. The summed E-state index contributed by atoms with van der Waals surface area (Å²) < 4.78 is 0. The molecule has 1 aliphatic rings. The molecule has 0 aliphatic carbocycles. The number of pyridine rings is 1. The molecule has 1 saturated heterocycles. The van der Waals surface area contributed by atoms with Crippen LogP contribution < -0.4 is 4.90 Å². The Morgan fingerprint density at radius 3 is 2.21 bits per heavy atom. The average molecular weight is 453 g/mol. The van der Waals surface area contributed by atoms with Crippen molar-refractivity contribution >= 4 is 11.6 Å². The molecule has 0 radical (unpaired) electrons. The van der Waals surface area contributed by atoms with Crippen LogP contribution in [0.4, 0.5) is 11.6 Å². The van der Waals surface area contributed by atoms with Crippen LogP contribution in [0.25, 0.3) is 22.5 Å². The van der Waals surface area contributed by atoms with E-state index in [1.54, 1.807) is 24.5 Å². The van der Waals surface area contributed by atoms with Crippen molar-refractivity contribution in [1.29, 1.82) is 0 Å². The highest BCUT2D eigenvalue weighted by atomic mass is 16.6. The maximum Gasteiger partial charge on any atom is 0.270 e. The van der Waals surface area contributed by atoms with Crippen LogP contribution in [-0.2, 0) is 6.54 Å². The van der Waals surface area contributed by atoms with E-state index in [1.807, 2.05) is 30.3 Å². The number of rotatable bonds is 6. The summed E-state index contributed by atoms with van der Waals surface area (Å²) in [5.41, 5.74) is 4.38. The highest BCUT2D eigenvalue weighted by Crippen LogP contribution is 2.28. The molecule has 4 aromatic rings. The maximum atomic E-state index is 11.3. The van der Waals surface area contributed by atoms with Gasteiger partial charge in [0.25, 0.3) is 5.69 Å². The summed E-state index contributed by atoms with van der Waals surface area (Å²) in [5, 5.41) is 11.3. The van der Waals surface area contributed by atoms with Crippen LogP contribution in [0.1, 0.15) is 5.56 Å². The number of hydrogen-bond acceptors (Lipinski definition) is 7. The fraction of sp³-hybridized carbons (Fsp3) is 0.192. The average Bonchev–Trinajstić information content (AvgIpc) is 2.90. The van der Waals surface area contributed by atoms with Gasteiger partial charge in [0, 0.05) is 68.4 Å². The highest BCUT2D eigenvalue weighted by molar-refractivity contribution is 5.70. The minimum Gasteiger partial charge on any atom is -0.338 e. The first-order chi connectivity index (χ1) is 16.7. The molecule has 2 aromatic carbocycles. The molecule has 8 nitrogen and oxygen atoms in total. The summed E-state index contributed by atoms with van der Waals surface area (Å²) in [6, 6.07) is 22.7. The smallest absolute Gasteiger partial charge is 0.270 e. The third-order valence-electron chi connectivity index (χ3n) is 5.95. The first kappa shape index (κ1) is 21.7. The van der Waals surface area contributed by atoms with Crippen molar-refractivity contribution in [2.75, 3.05) is 31.1 Å². The largest absolute Gasteiger partial charge is 0.338 e. The molecule has 0 spiro atoms. The van der Waals surface area contributed by atoms with Gasteiger partial charge < -0.3 is 4.90 Å². The first-order valence-electron chi connectivity index (χ1n) is 11.2. The summed E-state index contributed by atoms with van der Waals surface area (Å²) in [4.78, 5) is 29.3. The quantitative estimate of drug-likeness (QED) is 0.316. The van der Waals surface area contributed by atoms with E-state index in [0.29, 0.717) is 17.2 Å². The Bertz CT molecular complexity index is 1270. The second kappa shape index (κ2) is 9.76.